The highest BCUT2D eigenvalue weighted by Gasteiger charge is 2.40. The van der Waals surface area contributed by atoms with Crippen molar-refractivity contribution in [2.45, 2.75) is 31.6 Å². The van der Waals surface area contributed by atoms with Gasteiger partial charge in [0, 0.05) is 42.2 Å². The van der Waals surface area contributed by atoms with Crippen LogP contribution in [-0.4, -0.2) is 23.4 Å². The largest absolute Gasteiger partial charge is 0.454 e. The first-order valence-corrected chi connectivity index (χ1v) is 9.76. The van der Waals surface area contributed by atoms with Crippen LogP contribution in [0.25, 0.3) is 0 Å². The highest BCUT2D eigenvalue weighted by Crippen LogP contribution is 2.45. The number of hydrogen-bond donors (Lipinski definition) is 0. The van der Waals surface area contributed by atoms with Crippen LogP contribution in [0.5, 0.6) is 11.5 Å². The van der Waals surface area contributed by atoms with E-state index in [0.29, 0.717) is 47.7 Å². The maximum Gasteiger partial charge on any atom is 0.271 e. The molecule has 1 unspecified atom stereocenters. The summed E-state index contributed by atoms with van der Waals surface area (Å²) in [4.78, 5) is 38.3. The lowest BCUT2D eigenvalue weighted by Gasteiger charge is -2.38. The summed E-state index contributed by atoms with van der Waals surface area (Å²) in [5, 5.41) is 11.2. The lowest BCUT2D eigenvalue weighted by Crippen LogP contribution is -2.40. The average molecular weight is 406 g/mol. The first-order valence-electron chi connectivity index (χ1n) is 9.76. The fourth-order valence-corrected chi connectivity index (χ4v) is 4.45. The van der Waals surface area contributed by atoms with Gasteiger partial charge in [0.05, 0.1) is 10.6 Å². The lowest BCUT2D eigenvalue weighted by molar-refractivity contribution is -0.384. The monoisotopic (exact) mass is 406 g/mol. The Morgan fingerprint density at radius 2 is 1.87 bits per heavy atom. The van der Waals surface area contributed by atoms with E-state index >= 15 is 0 Å². The Bertz CT molecular complexity index is 1120. The van der Waals surface area contributed by atoms with Gasteiger partial charge >= 0.3 is 0 Å². The number of allylic oxidation sites excluding steroid dienone is 2. The highest BCUT2D eigenvalue weighted by atomic mass is 16.7. The predicted octanol–water partition coefficient (Wildman–Crippen LogP) is 3.85. The number of Topliss-reactive ketones (excluding diaryl/α,β-unsaturated/α-hetero) is 1. The second kappa shape index (κ2) is 6.98. The van der Waals surface area contributed by atoms with Crippen molar-refractivity contribution in [3.8, 4) is 11.5 Å². The van der Waals surface area contributed by atoms with Crippen molar-refractivity contribution in [2.75, 3.05) is 11.7 Å². The standard InChI is InChI=1S/C22H18N2O6/c25-18-6-2-5-17-22(18)16(13-7-8-19-20(9-13)30-12-29-19)11-21(26)23(17)14-3-1-4-15(10-14)24(27)28/h1,3-4,7-10,16H,2,5-6,11-12H2. The van der Waals surface area contributed by atoms with E-state index in [1.165, 1.54) is 17.0 Å². The molecular formula is C22H18N2O6. The van der Waals surface area contributed by atoms with E-state index in [1.54, 1.807) is 18.2 Å². The van der Waals surface area contributed by atoms with Crippen LogP contribution in [0, 0.1) is 10.1 Å². The Kier molecular flexibility index (Phi) is 4.27. The molecule has 0 saturated heterocycles. The second-order valence-electron chi connectivity index (χ2n) is 7.51. The van der Waals surface area contributed by atoms with E-state index < -0.39 is 4.92 Å². The third kappa shape index (κ3) is 2.92. The summed E-state index contributed by atoms with van der Waals surface area (Å²) >= 11 is 0. The third-order valence-corrected chi connectivity index (χ3v) is 5.77. The topological polar surface area (TPSA) is 99.0 Å². The van der Waals surface area contributed by atoms with Crippen LogP contribution < -0.4 is 14.4 Å². The van der Waals surface area contributed by atoms with Crippen LogP contribution in [0.3, 0.4) is 0 Å². The Morgan fingerprint density at radius 1 is 1.03 bits per heavy atom. The molecule has 0 radical (unpaired) electrons. The molecule has 2 aromatic carbocycles. The van der Waals surface area contributed by atoms with Gasteiger partial charge in [0.1, 0.15) is 0 Å². The third-order valence-electron chi connectivity index (χ3n) is 5.77. The molecule has 0 N–H and O–H groups in total. The number of benzene rings is 2. The molecule has 8 nitrogen and oxygen atoms in total. The molecule has 1 amide bonds. The molecule has 0 saturated carbocycles. The molecule has 152 valence electrons. The number of non-ortho nitro benzene ring substituents is 1. The van der Waals surface area contributed by atoms with Crippen molar-refractivity contribution >= 4 is 23.1 Å². The molecule has 0 bridgehead atoms. The molecule has 0 fully saturated rings. The number of ether oxygens (including phenoxy) is 2. The zero-order valence-electron chi connectivity index (χ0n) is 16.0. The second-order valence-corrected chi connectivity index (χ2v) is 7.51. The molecule has 5 rings (SSSR count). The van der Waals surface area contributed by atoms with E-state index in [4.69, 9.17) is 9.47 Å². The van der Waals surface area contributed by atoms with Gasteiger partial charge < -0.3 is 9.47 Å². The summed E-state index contributed by atoms with van der Waals surface area (Å²) in [5.74, 6) is 0.702. The number of nitro groups is 1. The van der Waals surface area contributed by atoms with Crippen LogP contribution in [0.15, 0.2) is 53.7 Å². The Morgan fingerprint density at radius 3 is 2.70 bits per heavy atom. The minimum absolute atomic E-state index is 0.0156. The van der Waals surface area contributed by atoms with Gasteiger partial charge in [0.2, 0.25) is 12.7 Å². The van der Waals surface area contributed by atoms with Crippen molar-refractivity contribution in [1.29, 1.82) is 0 Å². The van der Waals surface area contributed by atoms with Crippen molar-refractivity contribution in [3.05, 3.63) is 69.4 Å². The SMILES string of the molecule is O=C1CCCC2=C1C(c1ccc3c(c1)OCO3)CC(=O)N2c1cccc([N+](=O)[O-])c1. The van der Waals surface area contributed by atoms with Crippen molar-refractivity contribution in [2.24, 2.45) is 0 Å². The minimum atomic E-state index is -0.491. The molecule has 30 heavy (non-hydrogen) atoms. The molecule has 0 spiro atoms. The van der Waals surface area contributed by atoms with E-state index in [9.17, 15) is 19.7 Å². The first-order chi connectivity index (χ1) is 14.5. The molecule has 3 aliphatic rings. The van der Waals surface area contributed by atoms with Gasteiger partial charge in [-0.15, -0.1) is 0 Å². The van der Waals surface area contributed by atoms with E-state index in [-0.39, 0.29) is 36.5 Å². The number of rotatable bonds is 3. The van der Waals surface area contributed by atoms with Gasteiger partial charge in [0.25, 0.3) is 5.69 Å². The molecule has 8 heteroatoms. The quantitative estimate of drug-likeness (QED) is 0.567. The minimum Gasteiger partial charge on any atom is -0.454 e. The van der Waals surface area contributed by atoms with Gasteiger partial charge in [-0.2, -0.15) is 0 Å². The fraction of sp³-hybridized carbons (Fsp3) is 0.273. The summed E-state index contributed by atoms with van der Waals surface area (Å²) in [6, 6.07) is 11.5. The Hall–Kier alpha value is -3.68. The number of amides is 1. The normalized spacial score (nSPS) is 20.4. The first kappa shape index (κ1) is 18.4. The summed E-state index contributed by atoms with van der Waals surface area (Å²) in [7, 11) is 0. The van der Waals surface area contributed by atoms with Gasteiger partial charge in [0.15, 0.2) is 17.3 Å². The zero-order valence-corrected chi connectivity index (χ0v) is 16.0. The van der Waals surface area contributed by atoms with E-state index in [2.05, 4.69) is 0 Å². The molecular weight excluding hydrogens is 388 g/mol. The van der Waals surface area contributed by atoms with Crippen molar-refractivity contribution in [1.82, 2.24) is 0 Å². The zero-order chi connectivity index (χ0) is 20.8. The summed E-state index contributed by atoms with van der Waals surface area (Å²) < 4.78 is 10.8. The average Bonchev–Trinajstić information content (AvgIpc) is 3.21. The molecule has 2 aromatic rings. The van der Waals surface area contributed by atoms with Gasteiger partial charge in [-0.05, 0) is 36.6 Å². The number of carbonyl (C=O) groups excluding carboxylic acids is 2. The molecule has 0 aromatic heterocycles. The number of anilines is 1. The van der Waals surface area contributed by atoms with Crippen molar-refractivity contribution in [3.63, 3.8) is 0 Å². The van der Waals surface area contributed by atoms with E-state index in [1.807, 2.05) is 12.1 Å². The van der Waals surface area contributed by atoms with Crippen LogP contribution in [0.2, 0.25) is 0 Å². The highest BCUT2D eigenvalue weighted by molar-refractivity contribution is 6.07. The number of ketones is 1. The van der Waals surface area contributed by atoms with E-state index in [0.717, 1.165) is 5.56 Å². The molecule has 1 aliphatic carbocycles. The van der Waals surface area contributed by atoms with Gasteiger partial charge in [-0.3, -0.25) is 24.6 Å². The summed E-state index contributed by atoms with van der Waals surface area (Å²) in [6.07, 6.45) is 1.74. The molecule has 2 heterocycles. The number of nitro benzene ring substituents is 1. The Labute approximate surface area is 171 Å². The smallest absolute Gasteiger partial charge is 0.271 e. The van der Waals surface area contributed by atoms with Crippen LogP contribution in [0.4, 0.5) is 11.4 Å². The lowest BCUT2D eigenvalue weighted by atomic mass is 9.77. The summed E-state index contributed by atoms with van der Waals surface area (Å²) in [5.41, 5.74) is 2.41. The van der Waals surface area contributed by atoms with Gasteiger partial charge in [-0.25, -0.2) is 0 Å². The summed E-state index contributed by atoms with van der Waals surface area (Å²) in [6.45, 7) is 0.149. The van der Waals surface area contributed by atoms with Crippen LogP contribution in [-0.2, 0) is 9.59 Å². The number of hydrogen-bond acceptors (Lipinski definition) is 6. The van der Waals surface area contributed by atoms with Crippen molar-refractivity contribution < 1.29 is 24.0 Å². The predicted molar refractivity (Wildman–Crippen MR) is 106 cm³/mol. The van der Waals surface area contributed by atoms with Crippen LogP contribution in [0.1, 0.15) is 37.2 Å². The number of nitrogens with zero attached hydrogens (tertiary/aromatic N) is 2. The maximum absolute atomic E-state index is 13.2. The molecule has 1 atom stereocenters. The van der Waals surface area contributed by atoms with Crippen LogP contribution >= 0.6 is 0 Å². The number of fused-ring (bicyclic) bond motifs is 1. The van der Waals surface area contributed by atoms with Gasteiger partial charge in [-0.1, -0.05) is 12.1 Å². The Balaban J connectivity index is 1.62. The fourth-order valence-electron chi connectivity index (χ4n) is 4.45. The maximum atomic E-state index is 13.2. The molecule has 2 aliphatic heterocycles. The number of carbonyl (C=O) groups is 2.